The lowest BCUT2D eigenvalue weighted by atomic mass is 9.86. The minimum atomic E-state index is -0.764. The van der Waals surface area contributed by atoms with E-state index in [-0.39, 0.29) is 23.7 Å². The Morgan fingerprint density at radius 3 is 2.55 bits per heavy atom. The Morgan fingerprint density at radius 1 is 1.09 bits per heavy atom. The summed E-state index contributed by atoms with van der Waals surface area (Å²) in [6, 6.07) is 12.6. The first kappa shape index (κ1) is 23.2. The normalized spacial score (nSPS) is 20.1. The molecular formula is C25H29FN2O5. The van der Waals surface area contributed by atoms with Crippen molar-refractivity contribution in [1.82, 2.24) is 10.6 Å². The van der Waals surface area contributed by atoms with Gasteiger partial charge in [0.1, 0.15) is 18.5 Å². The van der Waals surface area contributed by atoms with Gasteiger partial charge in [0.15, 0.2) is 6.29 Å². The molecule has 2 N–H and O–H groups in total. The highest BCUT2D eigenvalue weighted by atomic mass is 19.1. The van der Waals surface area contributed by atoms with Gasteiger partial charge in [-0.05, 0) is 30.5 Å². The lowest BCUT2D eigenvalue weighted by Crippen LogP contribution is -2.28. The Labute approximate surface area is 192 Å². The summed E-state index contributed by atoms with van der Waals surface area (Å²) in [5, 5.41) is 5.48. The van der Waals surface area contributed by atoms with Crippen LogP contribution in [-0.2, 0) is 9.47 Å². The number of carbonyl (C=O) groups is 2. The third kappa shape index (κ3) is 5.17. The topological polar surface area (TPSA) is 85.9 Å². The Balaban J connectivity index is 1.55. The van der Waals surface area contributed by atoms with E-state index in [0.29, 0.717) is 49.5 Å². The lowest BCUT2D eigenvalue weighted by molar-refractivity contribution is -0.181. The van der Waals surface area contributed by atoms with Crippen molar-refractivity contribution in [3.8, 4) is 5.75 Å². The number of hydrogen-bond acceptors (Lipinski definition) is 5. The quantitative estimate of drug-likeness (QED) is 0.596. The molecule has 8 heteroatoms. The third-order valence-corrected chi connectivity index (χ3v) is 5.94. The van der Waals surface area contributed by atoms with E-state index in [2.05, 4.69) is 10.6 Å². The minimum Gasteiger partial charge on any atom is -0.486 e. The summed E-state index contributed by atoms with van der Waals surface area (Å²) in [7, 11) is 1.51. The van der Waals surface area contributed by atoms with E-state index in [1.54, 1.807) is 6.07 Å². The van der Waals surface area contributed by atoms with Crippen LogP contribution in [0.4, 0.5) is 4.39 Å². The number of alkyl halides is 1. The first-order valence-electron chi connectivity index (χ1n) is 11.3. The first-order valence-corrected chi connectivity index (χ1v) is 11.3. The van der Waals surface area contributed by atoms with E-state index >= 15 is 0 Å². The van der Waals surface area contributed by atoms with Crippen molar-refractivity contribution in [2.24, 2.45) is 0 Å². The standard InChI is InChI=1S/C25H29FN2O5/c1-27-25(30)19-14-17(24(29)28-10-5-9-21-31-11-6-12-32-21)13-18-22(16-7-3-2-4-8-16)20(15-26)33-23(18)19/h2-4,7-8,13-14,20-22H,5-6,9-12,15H2,1H3,(H,27,30)(H,28,29)/t20-,22+/m1/s1. The molecule has 1 fully saturated rings. The van der Waals surface area contributed by atoms with Crippen LogP contribution in [0.2, 0.25) is 0 Å². The summed E-state index contributed by atoms with van der Waals surface area (Å²) in [4.78, 5) is 25.5. The molecule has 2 amide bonds. The molecule has 0 aliphatic carbocycles. The van der Waals surface area contributed by atoms with Gasteiger partial charge in [-0.1, -0.05) is 30.3 Å². The molecule has 0 unspecified atom stereocenters. The van der Waals surface area contributed by atoms with E-state index in [0.717, 1.165) is 12.0 Å². The second-order valence-corrected chi connectivity index (χ2v) is 8.14. The monoisotopic (exact) mass is 456 g/mol. The van der Waals surface area contributed by atoms with Crippen molar-refractivity contribution in [2.45, 2.75) is 37.6 Å². The van der Waals surface area contributed by atoms with E-state index in [9.17, 15) is 14.0 Å². The molecule has 0 aromatic heterocycles. The summed E-state index contributed by atoms with van der Waals surface area (Å²) in [5.74, 6) is -0.778. The molecule has 0 bridgehead atoms. The maximum atomic E-state index is 13.9. The summed E-state index contributed by atoms with van der Waals surface area (Å²) < 4.78 is 30.8. The van der Waals surface area contributed by atoms with E-state index in [1.807, 2.05) is 30.3 Å². The molecule has 2 aliphatic heterocycles. The maximum absolute atomic E-state index is 13.9. The van der Waals surface area contributed by atoms with Gasteiger partial charge in [0.05, 0.1) is 24.7 Å². The highest BCUT2D eigenvalue weighted by Crippen LogP contribution is 2.45. The fraction of sp³-hybridized carbons (Fsp3) is 0.440. The second kappa shape index (κ2) is 10.8. The van der Waals surface area contributed by atoms with Crippen LogP contribution in [0.15, 0.2) is 42.5 Å². The van der Waals surface area contributed by atoms with Crippen LogP contribution in [0.3, 0.4) is 0 Å². The number of hydrogen-bond donors (Lipinski definition) is 2. The highest BCUT2D eigenvalue weighted by Gasteiger charge is 2.39. The number of nitrogens with one attached hydrogen (secondary N) is 2. The van der Waals surface area contributed by atoms with Crippen molar-refractivity contribution in [1.29, 1.82) is 0 Å². The van der Waals surface area contributed by atoms with Crippen molar-refractivity contribution in [2.75, 3.05) is 33.5 Å². The largest absolute Gasteiger partial charge is 0.486 e. The molecule has 7 nitrogen and oxygen atoms in total. The molecule has 2 heterocycles. The van der Waals surface area contributed by atoms with E-state index < -0.39 is 18.7 Å². The Hall–Kier alpha value is -2.97. The average Bonchev–Trinajstić information content (AvgIpc) is 3.25. The molecule has 2 aromatic rings. The SMILES string of the molecule is CNC(=O)c1cc(C(=O)NCCCC2OCCCO2)cc2c1O[C@H](CF)[C@H]2c1ccccc1. The van der Waals surface area contributed by atoms with Gasteiger partial charge in [-0.2, -0.15) is 0 Å². The van der Waals surface area contributed by atoms with Crippen molar-refractivity contribution in [3.63, 3.8) is 0 Å². The number of rotatable bonds is 8. The van der Waals surface area contributed by atoms with Gasteiger partial charge in [-0.15, -0.1) is 0 Å². The number of benzene rings is 2. The number of carbonyl (C=O) groups excluding carboxylic acids is 2. The van der Waals surface area contributed by atoms with Crippen LogP contribution >= 0.6 is 0 Å². The molecule has 0 spiro atoms. The summed E-state index contributed by atoms with van der Waals surface area (Å²) in [6.07, 6.45) is 1.30. The van der Waals surface area contributed by atoms with Crippen LogP contribution in [0.1, 0.15) is 57.0 Å². The van der Waals surface area contributed by atoms with Gasteiger partial charge in [-0.25, -0.2) is 4.39 Å². The molecular weight excluding hydrogens is 427 g/mol. The molecule has 4 rings (SSSR count). The van der Waals surface area contributed by atoms with Gasteiger partial charge in [0, 0.05) is 31.1 Å². The van der Waals surface area contributed by atoms with Crippen LogP contribution in [0.25, 0.3) is 0 Å². The molecule has 176 valence electrons. The first-order chi connectivity index (χ1) is 16.1. The zero-order valence-electron chi connectivity index (χ0n) is 18.6. The van der Waals surface area contributed by atoms with Crippen LogP contribution in [0.5, 0.6) is 5.75 Å². The van der Waals surface area contributed by atoms with Gasteiger partial charge in [0.25, 0.3) is 11.8 Å². The minimum absolute atomic E-state index is 0.223. The lowest BCUT2D eigenvalue weighted by Gasteiger charge is -2.23. The third-order valence-electron chi connectivity index (χ3n) is 5.94. The average molecular weight is 457 g/mol. The Bertz CT molecular complexity index is 978. The summed E-state index contributed by atoms with van der Waals surface area (Å²) in [5.41, 5.74) is 2.06. The fourth-order valence-corrected chi connectivity index (χ4v) is 4.32. The Kier molecular flexibility index (Phi) is 7.57. The molecule has 0 radical (unpaired) electrons. The van der Waals surface area contributed by atoms with Gasteiger partial charge < -0.3 is 24.8 Å². The molecule has 2 aliphatic rings. The second-order valence-electron chi connectivity index (χ2n) is 8.14. The van der Waals surface area contributed by atoms with Gasteiger partial charge >= 0.3 is 0 Å². The predicted octanol–water partition coefficient (Wildman–Crippen LogP) is 3.18. The number of fused-ring (bicyclic) bond motifs is 1. The molecule has 0 saturated carbocycles. The van der Waals surface area contributed by atoms with Crippen molar-refractivity contribution < 1.29 is 28.2 Å². The number of ether oxygens (including phenoxy) is 3. The van der Waals surface area contributed by atoms with Crippen molar-refractivity contribution >= 4 is 11.8 Å². The van der Waals surface area contributed by atoms with Crippen LogP contribution < -0.4 is 15.4 Å². The van der Waals surface area contributed by atoms with Gasteiger partial charge in [0.2, 0.25) is 0 Å². The van der Waals surface area contributed by atoms with Crippen molar-refractivity contribution in [3.05, 3.63) is 64.7 Å². The highest BCUT2D eigenvalue weighted by molar-refractivity contribution is 6.02. The smallest absolute Gasteiger partial charge is 0.254 e. The maximum Gasteiger partial charge on any atom is 0.254 e. The molecule has 2 atom stereocenters. The summed E-state index contributed by atoms with van der Waals surface area (Å²) >= 11 is 0. The van der Waals surface area contributed by atoms with Gasteiger partial charge in [-0.3, -0.25) is 9.59 Å². The fourth-order valence-electron chi connectivity index (χ4n) is 4.32. The Morgan fingerprint density at radius 2 is 1.85 bits per heavy atom. The molecule has 2 aromatic carbocycles. The predicted molar refractivity (Wildman–Crippen MR) is 120 cm³/mol. The number of halogens is 1. The van der Waals surface area contributed by atoms with Crippen LogP contribution in [0, 0.1) is 0 Å². The zero-order valence-corrected chi connectivity index (χ0v) is 18.6. The summed E-state index contributed by atoms with van der Waals surface area (Å²) in [6.45, 7) is 1.12. The molecule has 1 saturated heterocycles. The van der Waals surface area contributed by atoms with Crippen LogP contribution in [-0.4, -0.2) is 57.7 Å². The van der Waals surface area contributed by atoms with E-state index in [4.69, 9.17) is 14.2 Å². The van der Waals surface area contributed by atoms with E-state index in [1.165, 1.54) is 13.1 Å². The zero-order chi connectivity index (χ0) is 23.2. The number of amides is 2. The molecule has 33 heavy (non-hydrogen) atoms.